The maximum Gasteiger partial charge on any atom is 0.283 e. The van der Waals surface area contributed by atoms with E-state index in [1.165, 1.54) is 12.1 Å². The molecule has 0 saturated carbocycles. The summed E-state index contributed by atoms with van der Waals surface area (Å²) in [6.07, 6.45) is 0.720. The second kappa shape index (κ2) is 7.91. The molecule has 2 aromatic carbocycles. The van der Waals surface area contributed by atoms with E-state index in [0.717, 1.165) is 17.7 Å². The number of anilines is 1. The Morgan fingerprint density at radius 2 is 1.84 bits per heavy atom. The molecular formula is C17H16N4O4. The number of benzene rings is 2. The van der Waals surface area contributed by atoms with Crippen LogP contribution < -0.4 is 10.1 Å². The predicted octanol–water partition coefficient (Wildman–Crippen LogP) is 3.53. The maximum atomic E-state index is 10.6. The van der Waals surface area contributed by atoms with Gasteiger partial charge in [0, 0.05) is 29.9 Å². The third kappa shape index (κ3) is 4.31. The Kier molecular flexibility index (Phi) is 5.20. The van der Waals surface area contributed by atoms with Gasteiger partial charge in [0.15, 0.2) is 5.69 Å². The van der Waals surface area contributed by atoms with Crippen LogP contribution in [0.4, 0.5) is 11.4 Å². The molecule has 0 aliphatic heterocycles. The third-order valence-corrected chi connectivity index (χ3v) is 3.47. The minimum absolute atomic E-state index is 0.0702. The van der Waals surface area contributed by atoms with Gasteiger partial charge in [-0.25, -0.2) is 4.63 Å². The van der Waals surface area contributed by atoms with Crippen molar-refractivity contribution in [2.24, 2.45) is 0 Å². The largest absolute Gasteiger partial charge is 0.474 e. The molecule has 25 heavy (non-hydrogen) atoms. The smallest absolute Gasteiger partial charge is 0.283 e. The van der Waals surface area contributed by atoms with E-state index >= 15 is 0 Å². The zero-order chi connectivity index (χ0) is 17.5. The normalized spacial score (nSPS) is 10.4. The second-order valence-corrected chi connectivity index (χ2v) is 5.22. The van der Waals surface area contributed by atoms with Crippen molar-refractivity contribution in [2.45, 2.75) is 6.42 Å². The third-order valence-electron chi connectivity index (χ3n) is 3.47. The number of ether oxygens (including phenoxy) is 1. The van der Waals surface area contributed by atoms with Crippen LogP contribution >= 0.6 is 0 Å². The fraction of sp³-hybridized carbons (Fsp3) is 0.176. The topological polar surface area (TPSA) is 103 Å². The van der Waals surface area contributed by atoms with E-state index in [4.69, 9.17) is 9.37 Å². The molecular weight excluding hydrogens is 324 g/mol. The molecule has 0 spiro atoms. The molecule has 0 saturated heterocycles. The maximum absolute atomic E-state index is 10.6. The van der Waals surface area contributed by atoms with E-state index in [0.29, 0.717) is 24.7 Å². The van der Waals surface area contributed by atoms with Crippen LogP contribution in [0.1, 0.15) is 6.42 Å². The zero-order valence-corrected chi connectivity index (χ0v) is 13.3. The Bertz CT molecular complexity index is 818. The standard InChI is InChI=1S/C17H16N4O4/c22-21(23)15-9-7-14(8-10-15)18-11-4-12-24-17-16(19-25-20-17)13-5-2-1-3-6-13/h1-3,5-10,18H,4,11-12H2. The first-order chi connectivity index (χ1) is 12.2. The van der Waals surface area contributed by atoms with Crippen molar-refractivity contribution in [3.05, 3.63) is 64.7 Å². The van der Waals surface area contributed by atoms with Gasteiger partial charge in [-0.3, -0.25) is 10.1 Å². The highest BCUT2D eigenvalue weighted by Gasteiger charge is 2.13. The summed E-state index contributed by atoms with van der Waals surface area (Å²) in [6, 6.07) is 15.8. The highest BCUT2D eigenvalue weighted by atomic mass is 16.6. The van der Waals surface area contributed by atoms with Gasteiger partial charge in [-0.1, -0.05) is 30.3 Å². The van der Waals surface area contributed by atoms with Gasteiger partial charge in [0.05, 0.1) is 11.5 Å². The van der Waals surface area contributed by atoms with Crippen molar-refractivity contribution < 1.29 is 14.3 Å². The Labute approximate surface area is 143 Å². The van der Waals surface area contributed by atoms with Crippen molar-refractivity contribution in [3.63, 3.8) is 0 Å². The van der Waals surface area contributed by atoms with Gasteiger partial charge in [-0.05, 0) is 28.9 Å². The van der Waals surface area contributed by atoms with Gasteiger partial charge < -0.3 is 10.1 Å². The summed E-state index contributed by atoms with van der Waals surface area (Å²) < 4.78 is 10.4. The van der Waals surface area contributed by atoms with Crippen LogP contribution in [0.2, 0.25) is 0 Å². The van der Waals surface area contributed by atoms with E-state index in [9.17, 15) is 10.1 Å². The minimum Gasteiger partial charge on any atom is -0.474 e. The number of non-ortho nitro benzene ring substituents is 1. The number of hydrogen-bond acceptors (Lipinski definition) is 7. The van der Waals surface area contributed by atoms with Gasteiger partial charge in [0.2, 0.25) is 0 Å². The quantitative estimate of drug-likeness (QED) is 0.380. The lowest BCUT2D eigenvalue weighted by Crippen LogP contribution is -2.07. The number of nitro groups is 1. The molecule has 0 bridgehead atoms. The van der Waals surface area contributed by atoms with Crippen molar-refractivity contribution in [3.8, 4) is 17.1 Å². The van der Waals surface area contributed by atoms with Crippen molar-refractivity contribution in [1.82, 2.24) is 10.3 Å². The predicted molar refractivity (Wildman–Crippen MR) is 91.4 cm³/mol. The van der Waals surface area contributed by atoms with Crippen LogP contribution in [-0.4, -0.2) is 28.4 Å². The summed E-state index contributed by atoms with van der Waals surface area (Å²) in [7, 11) is 0. The average Bonchev–Trinajstić information content (AvgIpc) is 3.11. The summed E-state index contributed by atoms with van der Waals surface area (Å²) in [5.41, 5.74) is 2.34. The summed E-state index contributed by atoms with van der Waals surface area (Å²) in [5.74, 6) is 0.363. The van der Waals surface area contributed by atoms with Gasteiger partial charge in [0.1, 0.15) is 0 Å². The molecule has 0 aliphatic rings. The van der Waals surface area contributed by atoms with Gasteiger partial charge >= 0.3 is 0 Å². The van der Waals surface area contributed by atoms with Gasteiger partial charge in [0.25, 0.3) is 11.6 Å². The average molecular weight is 340 g/mol. The molecule has 8 heteroatoms. The molecule has 1 N–H and O–H groups in total. The van der Waals surface area contributed by atoms with Crippen LogP contribution in [0.25, 0.3) is 11.3 Å². The van der Waals surface area contributed by atoms with E-state index in [1.807, 2.05) is 30.3 Å². The first kappa shape index (κ1) is 16.4. The summed E-state index contributed by atoms with van der Waals surface area (Å²) in [5, 5.41) is 21.4. The molecule has 8 nitrogen and oxygen atoms in total. The monoisotopic (exact) mass is 340 g/mol. The van der Waals surface area contributed by atoms with Crippen LogP contribution in [0.15, 0.2) is 59.2 Å². The Morgan fingerprint density at radius 3 is 2.56 bits per heavy atom. The molecule has 3 rings (SSSR count). The highest BCUT2D eigenvalue weighted by molar-refractivity contribution is 5.63. The highest BCUT2D eigenvalue weighted by Crippen LogP contribution is 2.25. The lowest BCUT2D eigenvalue weighted by molar-refractivity contribution is -0.384. The first-order valence-electron chi connectivity index (χ1n) is 7.73. The van der Waals surface area contributed by atoms with E-state index < -0.39 is 4.92 Å². The number of rotatable bonds is 8. The molecule has 0 unspecified atom stereocenters. The number of hydrogen-bond donors (Lipinski definition) is 1. The second-order valence-electron chi connectivity index (χ2n) is 5.22. The van der Waals surface area contributed by atoms with Crippen molar-refractivity contribution in [2.75, 3.05) is 18.5 Å². The Hall–Kier alpha value is -3.42. The molecule has 1 aromatic heterocycles. The summed E-state index contributed by atoms with van der Waals surface area (Å²) in [6.45, 7) is 1.10. The number of nitrogens with one attached hydrogen (secondary N) is 1. The van der Waals surface area contributed by atoms with Crippen LogP contribution in [0.5, 0.6) is 5.88 Å². The van der Waals surface area contributed by atoms with E-state index in [1.54, 1.807) is 12.1 Å². The molecule has 0 atom stereocenters. The molecule has 128 valence electrons. The molecule has 3 aromatic rings. The minimum atomic E-state index is -0.423. The SMILES string of the molecule is O=[N+]([O-])c1ccc(NCCCOc2nonc2-c2ccccc2)cc1. The lowest BCUT2D eigenvalue weighted by Gasteiger charge is -2.07. The molecule has 0 radical (unpaired) electrons. The molecule has 0 amide bonds. The number of aromatic nitrogens is 2. The van der Waals surface area contributed by atoms with Crippen molar-refractivity contribution >= 4 is 11.4 Å². The van der Waals surface area contributed by atoms with Gasteiger partial charge in [-0.15, -0.1) is 0 Å². The van der Waals surface area contributed by atoms with Crippen LogP contribution in [-0.2, 0) is 0 Å². The van der Waals surface area contributed by atoms with E-state index in [2.05, 4.69) is 15.6 Å². The zero-order valence-electron chi connectivity index (χ0n) is 13.3. The first-order valence-corrected chi connectivity index (χ1v) is 7.73. The van der Waals surface area contributed by atoms with Gasteiger partial charge in [-0.2, -0.15) is 0 Å². The van der Waals surface area contributed by atoms with Crippen molar-refractivity contribution in [1.29, 1.82) is 0 Å². The number of nitro benzene ring substituents is 1. The Morgan fingerprint density at radius 1 is 1.08 bits per heavy atom. The number of nitrogens with zero attached hydrogens (tertiary/aromatic N) is 3. The van der Waals surface area contributed by atoms with E-state index in [-0.39, 0.29) is 5.69 Å². The lowest BCUT2D eigenvalue weighted by atomic mass is 10.2. The summed E-state index contributed by atoms with van der Waals surface area (Å²) in [4.78, 5) is 10.2. The summed E-state index contributed by atoms with van der Waals surface area (Å²) >= 11 is 0. The molecule has 0 fully saturated rings. The Balaban J connectivity index is 1.45. The molecule has 0 aliphatic carbocycles. The fourth-order valence-corrected chi connectivity index (χ4v) is 2.22. The van der Waals surface area contributed by atoms with Crippen LogP contribution in [0, 0.1) is 10.1 Å². The molecule has 1 heterocycles. The fourth-order valence-electron chi connectivity index (χ4n) is 2.22. The van der Waals surface area contributed by atoms with Crippen LogP contribution in [0.3, 0.4) is 0 Å².